The molecule has 0 aliphatic heterocycles. The van der Waals surface area contributed by atoms with Crippen LogP contribution >= 0.6 is 11.3 Å². The first-order valence-corrected chi connectivity index (χ1v) is 11.0. The number of anilines is 1. The maximum Gasteiger partial charge on any atom is 0.227 e. The number of aromatic nitrogens is 1. The van der Waals surface area contributed by atoms with Crippen molar-refractivity contribution in [2.24, 2.45) is 0 Å². The largest absolute Gasteiger partial charge is 0.302 e. The van der Waals surface area contributed by atoms with E-state index >= 15 is 0 Å². The summed E-state index contributed by atoms with van der Waals surface area (Å²) in [6, 6.07) is 14.9. The molecule has 5 nitrogen and oxygen atoms in total. The van der Waals surface area contributed by atoms with Gasteiger partial charge in [-0.05, 0) is 23.6 Å². The first-order chi connectivity index (χ1) is 12.5. The molecule has 3 aromatic rings. The third kappa shape index (κ3) is 4.68. The number of amides is 1. The normalized spacial score (nSPS) is 11.6. The average molecular weight is 389 g/mol. The van der Waals surface area contributed by atoms with Crippen LogP contribution in [-0.4, -0.2) is 25.1 Å². The van der Waals surface area contributed by atoms with Gasteiger partial charge in [0.1, 0.15) is 0 Å². The van der Waals surface area contributed by atoms with Gasteiger partial charge in [-0.2, -0.15) is 0 Å². The zero-order valence-electron chi connectivity index (χ0n) is 14.4. The fraction of sp³-hybridized carbons (Fsp3) is 0.263. The second-order valence-electron chi connectivity index (χ2n) is 6.01. The molecule has 0 aliphatic rings. The highest BCUT2D eigenvalue weighted by Gasteiger charge is 2.16. The summed E-state index contributed by atoms with van der Waals surface area (Å²) in [5, 5.41) is 3.23. The fourth-order valence-electron chi connectivity index (χ4n) is 2.67. The zero-order chi connectivity index (χ0) is 18.6. The molecule has 2 aromatic carbocycles. The lowest BCUT2D eigenvalue weighted by Gasteiger charge is -2.04. The molecule has 0 bridgehead atoms. The van der Waals surface area contributed by atoms with Gasteiger partial charge >= 0.3 is 0 Å². The number of hydrogen-bond donors (Lipinski definition) is 1. The van der Waals surface area contributed by atoms with Gasteiger partial charge in [0.05, 0.1) is 21.7 Å². The number of benzene rings is 2. The molecule has 1 aromatic heterocycles. The smallest absolute Gasteiger partial charge is 0.227 e. The van der Waals surface area contributed by atoms with E-state index in [9.17, 15) is 13.2 Å². The Kier molecular flexibility index (Phi) is 5.68. The second kappa shape index (κ2) is 7.97. The highest BCUT2D eigenvalue weighted by atomic mass is 32.2. The third-order valence-electron chi connectivity index (χ3n) is 4.00. The Bertz CT molecular complexity index is 1010. The van der Waals surface area contributed by atoms with Crippen LogP contribution < -0.4 is 5.32 Å². The van der Waals surface area contributed by atoms with Gasteiger partial charge in [0.2, 0.25) is 5.91 Å². The number of nitrogens with one attached hydrogen (secondary N) is 1. The Hall–Kier alpha value is -2.25. The van der Waals surface area contributed by atoms with Crippen LogP contribution in [-0.2, 0) is 26.8 Å². The van der Waals surface area contributed by atoms with Crippen LogP contribution in [0, 0.1) is 0 Å². The Morgan fingerprint density at radius 2 is 1.88 bits per heavy atom. The van der Waals surface area contributed by atoms with E-state index in [0.717, 1.165) is 27.8 Å². The minimum absolute atomic E-state index is 0.0535. The zero-order valence-corrected chi connectivity index (χ0v) is 16.1. The fourth-order valence-corrected chi connectivity index (χ4v) is 4.95. The van der Waals surface area contributed by atoms with E-state index in [1.165, 1.54) is 11.3 Å². The Balaban J connectivity index is 1.60. The van der Waals surface area contributed by atoms with Crippen molar-refractivity contribution in [1.82, 2.24) is 4.98 Å². The van der Waals surface area contributed by atoms with Crippen LogP contribution in [0.4, 0.5) is 5.13 Å². The molecule has 0 radical (unpaired) electrons. The molecule has 0 fully saturated rings. The maximum absolute atomic E-state index is 12.2. The predicted molar refractivity (Wildman–Crippen MR) is 106 cm³/mol. The van der Waals surface area contributed by atoms with Crippen molar-refractivity contribution in [1.29, 1.82) is 0 Å². The van der Waals surface area contributed by atoms with Crippen molar-refractivity contribution in [2.45, 2.75) is 25.5 Å². The molecule has 1 heterocycles. The van der Waals surface area contributed by atoms with Gasteiger partial charge in [-0.25, -0.2) is 13.4 Å². The molecule has 136 valence electrons. The van der Waals surface area contributed by atoms with Crippen molar-refractivity contribution < 1.29 is 13.2 Å². The first-order valence-electron chi connectivity index (χ1n) is 8.39. The molecule has 0 saturated carbocycles. The lowest BCUT2D eigenvalue weighted by atomic mass is 10.1. The number of carbonyl (C=O) groups is 1. The van der Waals surface area contributed by atoms with Crippen molar-refractivity contribution in [3.63, 3.8) is 0 Å². The van der Waals surface area contributed by atoms with Gasteiger partial charge in [-0.1, -0.05) is 60.7 Å². The summed E-state index contributed by atoms with van der Waals surface area (Å²) in [5.74, 6) is -0.570. The SMILES string of the molecule is CCc1cccc2sc(NC(=O)CCS(=O)(=O)Cc3ccccc3)nc12. The molecule has 0 saturated heterocycles. The van der Waals surface area contributed by atoms with Crippen molar-refractivity contribution in [3.8, 4) is 0 Å². The van der Waals surface area contributed by atoms with Gasteiger partial charge in [0.15, 0.2) is 15.0 Å². The summed E-state index contributed by atoms with van der Waals surface area (Å²) in [5.41, 5.74) is 2.75. The number of carbonyl (C=O) groups excluding carboxylic acids is 1. The monoisotopic (exact) mass is 388 g/mol. The third-order valence-corrected chi connectivity index (χ3v) is 6.53. The molecule has 1 N–H and O–H groups in total. The minimum Gasteiger partial charge on any atom is -0.302 e. The van der Waals surface area contributed by atoms with E-state index in [-0.39, 0.29) is 23.8 Å². The average Bonchev–Trinajstić information content (AvgIpc) is 3.03. The highest BCUT2D eigenvalue weighted by molar-refractivity contribution is 7.90. The molecular weight excluding hydrogens is 368 g/mol. The summed E-state index contributed by atoms with van der Waals surface area (Å²) in [6.45, 7) is 2.06. The molecule has 26 heavy (non-hydrogen) atoms. The molecule has 7 heteroatoms. The van der Waals surface area contributed by atoms with Crippen LogP contribution in [0.1, 0.15) is 24.5 Å². The van der Waals surface area contributed by atoms with Crippen LogP contribution in [0.15, 0.2) is 48.5 Å². The van der Waals surface area contributed by atoms with Gasteiger partial charge in [-0.15, -0.1) is 0 Å². The molecule has 1 amide bonds. The van der Waals surface area contributed by atoms with Gasteiger partial charge in [0, 0.05) is 6.42 Å². The van der Waals surface area contributed by atoms with Crippen LogP contribution in [0.2, 0.25) is 0 Å². The summed E-state index contributed by atoms with van der Waals surface area (Å²) < 4.78 is 25.4. The van der Waals surface area contributed by atoms with Gasteiger partial charge < -0.3 is 5.32 Å². The van der Waals surface area contributed by atoms with E-state index in [2.05, 4.69) is 17.2 Å². The van der Waals surface area contributed by atoms with E-state index in [4.69, 9.17) is 0 Å². The van der Waals surface area contributed by atoms with Crippen molar-refractivity contribution in [3.05, 3.63) is 59.7 Å². The number of fused-ring (bicyclic) bond motifs is 1. The molecule has 0 unspecified atom stereocenters. The number of rotatable bonds is 7. The van der Waals surface area contributed by atoms with E-state index in [1.54, 1.807) is 24.3 Å². The number of thiazole rings is 1. The number of para-hydroxylation sites is 1. The molecule has 0 spiro atoms. The lowest BCUT2D eigenvalue weighted by molar-refractivity contribution is -0.115. The van der Waals surface area contributed by atoms with E-state index in [1.807, 2.05) is 24.3 Å². The van der Waals surface area contributed by atoms with E-state index < -0.39 is 9.84 Å². The maximum atomic E-state index is 12.2. The van der Waals surface area contributed by atoms with Crippen LogP contribution in [0.5, 0.6) is 0 Å². The molecule has 0 aliphatic carbocycles. The number of nitrogens with zero attached hydrogens (tertiary/aromatic N) is 1. The predicted octanol–water partition coefficient (Wildman–Crippen LogP) is 3.80. The first kappa shape index (κ1) is 18.5. The van der Waals surface area contributed by atoms with Crippen LogP contribution in [0.25, 0.3) is 10.2 Å². The van der Waals surface area contributed by atoms with E-state index in [0.29, 0.717) is 5.13 Å². The molecular formula is C19H20N2O3S2. The van der Waals surface area contributed by atoms with Crippen molar-refractivity contribution >= 4 is 42.4 Å². The Morgan fingerprint density at radius 3 is 2.62 bits per heavy atom. The molecule has 3 rings (SSSR count). The van der Waals surface area contributed by atoms with Crippen LogP contribution in [0.3, 0.4) is 0 Å². The summed E-state index contributed by atoms with van der Waals surface area (Å²) in [6.07, 6.45) is 0.790. The number of sulfone groups is 1. The van der Waals surface area contributed by atoms with Gasteiger partial charge in [-0.3, -0.25) is 4.79 Å². The van der Waals surface area contributed by atoms with Crippen molar-refractivity contribution in [2.75, 3.05) is 11.1 Å². The highest BCUT2D eigenvalue weighted by Crippen LogP contribution is 2.28. The summed E-state index contributed by atoms with van der Waals surface area (Å²) in [4.78, 5) is 16.6. The van der Waals surface area contributed by atoms with Gasteiger partial charge in [0.25, 0.3) is 0 Å². The minimum atomic E-state index is -3.34. The molecule has 0 atom stereocenters. The second-order valence-corrected chi connectivity index (χ2v) is 9.23. The summed E-state index contributed by atoms with van der Waals surface area (Å²) in [7, 11) is -3.34. The number of aryl methyl sites for hydroxylation is 1. The summed E-state index contributed by atoms with van der Waals surface area (Å²) >= 11 is 1.40. The topological polar surface area (TPSA) is 76.1 Å². The Labute approximate surface area is 157 Å². The Morgan fingerprint density at radius 1 is 1.12 bits per heavy atom. The standard InChI is InChI=1S/C19H20N2O3S2/c1-2-15-9-6-10-16-18(15)21-19(25-16)20-17(22)11-12-26(23,24)13-14-7-4-3-5-8-14/h3-10H,2,11-13H2,1H3,(H,20,21,22). The number of hydrogen-bond acceptors (Lipinski definition) is 5. The lowest BCUT2D eigenvalue weighted by Crippen LogP contribution is -2.18. The quantitative estimate of drug-likeness (QED) is 0.668.